The Kier molecular flexibility index (Phi) is 12.5. The standard InChI is InChI=1S/C41H48ClF2N9O6/c1-25-32(21-47-52(25)14-17-59-3)29-6-7-31(37(44)36(29)43)34-22-46-38(49(34)2)39(56)48-28-4-5-30(33(42)18-28)41(58)51-12-10-50(11-13-51)40(57)27-8-15-53(16-9-27,24-35(54)55)23-26-19-45-20-26/h4-7,18,21-22,26-27,45H,8-17,19-20,23-24H2,1-3H3,(H-,48,54,55,56,58)/p+1. The number of benzene rings is 2. The van der Waals surface area contributed by atoms with Crippen LogP contribution in [0.4, 0.5) is 14.5 Å². The number of methoxy groups -OCH3 is 1. The number of ether oxygens (including phenoxy) is 1. The molecule has 3 amide bonds. The first-order valence-electron chi connectivity index (χ1n) is 19.8. The van der Waals surface area contributed by atoms with Crippen molar-refractivity contribution in [3.05, 3.63) is 76.5 Å². The fourth-order valence-corrected chi connectivity index (χ4v) is 8.79. The summed E-state index contributed by atoms with van der Waals surface area (Å²) in [7, 11) is 3.09. The molecule has 3 aliphatic rings. The number of rotatable bonds is 13. The lowest BCUT2D eigenvalue weighted by Gasteiger charge is -2.46. The lowest BCUT2D eigenvalue weighted by Crippen LogP contribution is -2.62. The highest BCUT2D eigenvalue weighted by Crippen LogP contribution is 2.34. The van der Waals surface area contributed by atoms with E-state index in [4.69, 9.17) is 16.3 Å². The first kappa shape index (κ1) is 41.9. The number of nitrogens with zero attached hydrogens (tertiary/aromatic N) is 7. The third-order valence-corrected chi connectivity index (χ3v) is 12.3. The Hall–Kier alpha value is -5.23. The SMILES string of the molecule is COCCn1ncc(-c2ccc(-c3cnc(C(=O)Nc4ccc(C(=O)N5CCN(C(=O)C6CC[N+](CC(=O)O)(CC7CNC7)CC6)CC5)c(Cl)c4)n3C)c(F)c2F)c1C. The Morgan fingerprint density at radius 3 is 2.31 bits per heavy atom. The molecule has 7 rings (SSSR count). The maximum absolute atomic E-state index is 15.6. The topological polar surface area (TPSA) is 164 Å². The highest BCUT2D eigenvalue weighted by molar-refractivity contribution is 6.34. The number of aliphatic carboxylic acids is 1. The van der Waals surface area contributed by atoms with Crippen molar-refractivity contribution in [1.29, 1.82) is 0 Å². The fraction of sp³-hybridized carbons (Fsp3) is 0.463. The molecule has 0 spiro atoms. The number of aromatic nitrogens is 4. The molecular formula is C41H49ClF2N9O6+. The van der Waals surface area contributed by atoms with Crippen molar-refractivity contribution in [2.24, 2.45) is 18.9 Å². The van der Waals surface area contributed by atoms with E-state index in [2.05, 4.69) is 20.7 Å². The monoisotopic (exact) mass is 836 g/mol. The zero-order valence-corrected chi connectivity index (χ0v) is 34.1. The molecule has 314 valence electrons. The van der Waals surface area contributed by atoms with Crippen LogP contribution in [0.15, 0.2) is 42.7 Å². The van der Waals surface area contributed by atoms with Gasteiger partial charge in [-0.05, 0) is 31.2 Å². The van der Waals surface area contributed by atoms with E-state index >= 15 is 8.78 Å². The number of piperidine rings is 1. The molecule has 0 radical (unpaired) electrons. The van der Waals surface area contributed by atoms with E-state index in [1.54, 1.807) is 34.6 Å². The van der Waals surface area contributed by atoms with Crippen molar-refractivity contribution < 1.29 is 42.3 Å². The number of likely N-dealkylation sites (tertiary alicyclic amines) is 1. The molecule has 2 aromatic heterocycles. The average Bonchev–Trinajstić information content (AvgIpc) is 3.77. The molecule has 2 aromatic carbocycles. The minimum atomic E-state index is -1.09. The molecule has 3 fully saturated rings. The van der Waals surface area contributed by atoms with Gasteiger partial charge in [-0.25, -0.2) is 18.6 Å². The summed E-state index contributed by atoms with van der Waals surface area (Å²) in [6, 6.07) is 7.43. The van der Waals surface area contributed by atoms with E-state index < -0.39 is 23.5 Å². The number of hydrogen-bond acceptors (Lipinski definition) is 8. The summed E-state index contributed by atoms with van der Waals surface area (Å²) in [5.41, 5.74) is 1.80. The van der Waals surface area contributed by atoms with Crippen LogP contribution in [0.2, 0.25) is 5.02 Å². The van der Waals surface area contributed by atoms with Gasteiger partial charge in [-0.15, -0.1) is 0 Å². The van der Waals surface area contributed by atoms with Gasteiger partial charge >= 0.3 is 5.97 Å². The number of halogens is 3. The summed E-state index contributed by atoms with van der Waals surface area (Å²) >= 11 is 6.58. The van der Waals surface area contributed by atoms with Crippen LogP contribution in [0.5, 0.6) is 0 Å². The number of amides is 3. The maximum atomic E-state index is 15.6. The molecule has 0 bridgehead atoms. The van der Waals surface area contributed by atoms with Gasteiger partial charge in [0, 0.05) is 106 Å². The molecule has 18 heteroatoms. The quantitative estimate of drug-likeness (QED) is 0.170. The van der Waals surface area contributed by atoms with E-state index in [9.17, 15) is 24.3 Å². The number of anilines is 1. The van der Waals surface area contributed by atoms with Gasteiger partial charge in [-0.3, -0.25) is 19.1 Å². The maximum Gasteiger partial charge on any atom is 0.359 e. The number of carbonyl (C=O) groups is 4. The summed E-state index contributed by atoms with van der Waals surface area (Å²) in [6.45, 7) is 8.08. The number of carboxylic acids is 1. The molecule has 5 heterocycles. The molecule has 15 nitrogen and oxygen atoms in total. The van der Waals surface area contributed by atoms with Gasteiger partial charge in [-0.1, -0.05) is 17.7 Å². The predicted octanol–water partition coefficient (Wildman–Crippen LogP) is 3.90. The molecule has 3 N–H and O–H groups in total. The first-order chi connectivity index (χ1) is 28.3. The minimum Gasteiger partial charge on any atom is -0.477 e. The number of hydrogen-bond donors (Lipinski definition) is 3. The number of nitrogens with one attached hydrogen (secondary N) is 2. The van der Waals surface area contributed by atoms with E-state index in [0.717, 1.165) is 19.6 Å². The average molecular weight is 837 g/mol. The second-order valence-corrected chi connectivity index (χ2v) is 16.2. The van der Waals surface area contributed by atoms with Crippen molar-refractivity contribution in [3.8, 4) is 22.4 Å². The fourth-order valence-electron chi connectivity index (χ4n) is 8.53. The molecule has 0 saturated carbocycles. The second-order valence-electron chi connectivity index (χ2n) is 15.8. The van der Waals surface area contributed by atoms with Crippen molar-refractivity contribution in [2.45, 2.75) is 26.3 Å². The van der Waals surface area contributed by atoms with Crippen LogP contribution in [-0.2, 0) is 27.9 Å². The van der Waals surface area contributed by atoms with Gasteiger partial charge in [0.25, 0.3) is 11.8 Å². The third kappa shape index (κ3) is 8.74. The van der Waals surface area contributed by atoms with Gasteiger partial charge in [0.1, 0.15) is 0 Å². The molecule has 59 heavy (non-hydrogen) atoms. The molecule has 3 aliphatic heterocycles. The number of carbonyl (C=O) groups excluding carboxylic acids is 3. The third-order valence-electron chi connectivity index (χ3n) is 12.0. The number of imidazole rings is 1. The van der Waals surface area contributed by atoms with Gasteiger partial charge in [0.05, 0.1) is 61.5 Å². The molecule has 0 aliphatic carbocycles. The van der Waals surface area contributed by atoms with Crippen molar-refractivity contribution >= 4 is 41.0 Å². The highest BCUT2D eigenvalue weighted by Gasteiger charge is 2.42. The lowest BCUT2D eigenvalue weighted by atomic mass is 9.90. The van der Waals surface area contributed by atoms with E-state index in [1.807, 2.05) is 0 Å². The van der Waals surface area contributed by atoms with E-state index in [0.29, 0.717) is 92.6 Å². The first-order valence-corrected chi connectivity index (χ1v) is 20.1. The number of carboxylic acid groups (broad SMARTS) is 1. The van der Waals surface area contributed by atoms with Crippen molar-refractivity contribution in [2.75, 3.05) is 84.5 Å². The van der Waals surface area contributed by atoms with Crippen LogP contribution < -0.4 is 10.6 Å². The Balaban J connectivity index is 0.939. The largest absolute Gasteiger partial charge is 0.477 e. The van der Waals surface area contributed by atoms with Gasteiger partial charge in [0.15, 0.2) is 24.0 Å². The van der Waals surface area contributed by atoms with Crippen LogP contribution in [0.1, 0.15) is 39.5 Å². The van der Waals surface area contributed by atoms with Gasteiger partial charge < -0.3 is 39.3 Å². The van der Waals surface area contributed by atoms with Crippen LogP contribution in [0.3, 0.4) is 0 Å². The zero-order chi connectivity index (χ0) is 42.0. The predicted molar refractivity (Wildman–Crippen MR) is 215 cm³/mol. The summed E-state index contributed by atoms with van der Waals surface area (Å²) in [4.78, 5) is 59.7. The lowest BCUT2D eigenvalue weighted by molar-refractivity contribution is -0.929. The molecule has 0 unspecified atom stereocenters. The Labute approximate surface area is 345 Å². The van der Waals surface area contributed by atoms with Crippen LogP contribution in [0, 0.1) is 30.4 Å². The molecule has 0 atom stereocenters. The van der Waals surface area contributed by atoms with Crippen molar-refractivity contribution in [3.63, 3.8) is 0 Å². The normalized spacial score (nSPS) is 19.7. The number of piperazine rings is 1. The Morgan fingerprint density at radius 2 is 1.66 bits per heavy atom. The van der Waals surface area contributed by atoms with Gasteiger partial charge in [-0.2, -0.15) is 5.10 Å². The summed E-state index contributed by atoms with van der Waals surface area (Å²) in [6.07, 6.45) is 4.06. The second kappa shape index (κ2) is 17.6. The summed E-state index contributed by atoms with van der Waals surface area (Å²) in [5.74, 6) is -3.61. The van der Waals surface area contributed by atoms with Gasteiger partial charge in [0.2, 0.25) is 5.91 Å². The van der Waals surface area contributed by atoms with Crippen LogP contribution >= 0.6 is 11.6 Å². The molecule has 3 saturated heterocycles. The summed E-state index contributed by atoms with van der Waals surface area (Å²) < 4.78 is 39.7. The van der Waals surface area contributed by atoms with Crippen LogP contribution in [0.25, 0.3) is 22.4 Å². The van der Waals surface area contributed by atoms with E-state index in [1.165, 1.54) is 48.3 Å². The number of quaternary nitrogens is 1. The Morgan fingerprint density at radius 1 is 0.983 bits per heavy atom. The zero-order valence-electron chi connectivity index (χ0n) is 33.3. The summed E-state index contributed by atoms with van der Waals surface area (Å²) in [5, 5.41) is 19.9. The van der Waals surface area contributed by atoms with E-state index in [-0.39, 0.29) is 57.5 Å². The van der Waals surface area contributed by atoms with Crippen LogP contribution in [-0.4, -0.2) is 142 Å². The highest BCUT2D eigenvalue weighted by atomic mass is 35.5. The smallest absolute Gasteiger partial charge is 0.359 e. The molecular weight excluding hydrogens is 788 g/mol. The van der Waals surface area contributed by atoms with Crippen molar-refractivity contribution in [1.82, 2.24) is 34.4 Å². The Bertz CT molecular complexity index is 2240. The molecule has 4 aromatic rings. The minimum absolute atomic E-state index is 0.0530.